The predicted molar refractivity (Wildman–Crippen MR) is 126 cm³/mol. The molecule has 0 heterocycles. The second-order valence-corrected chi connectivity index (χ2v) is 8.32. The molecule has 0 aliphatic rings. The summed E-state index contributed by atoms with van der Waals surface area (Å²) in [7, 11) is 1.62. The zero-order valence-corrected chi connectivity index (χ0v) is 21.0. The van der Waals surface area contributed by atoms with Crippen LogP contribution in [0.1, 0.15) is 31.8 Å². The van der Waals surface area contributed by atoms with Crippen molar-refractivity contribution in [3.05, 3.63) is 99.8 Å². The fraction of sp³-hybridized carbons (Fsp3) is 0.200. The molecule has 0 aliphatic carbocycles. The molecule has 3 aromatic rings. The van der Waals surface area contributed by atoms with Crippen LogP contribution in [0, 0.1) is 5.82 Å². The number of alkyl halides is 10. The second-order valence-electron chi connectivity index (χ2n) is 7.91. The minimum absolute atomic E-state index is 0.0411. The van der Waals surface area contributed by atoms with Crippen molar-refractivity contribution in [1.29, 1.82) is 0 Å². The van der Waals surface area contributed by atoms with Crippen molar-refractivity contribution < 1.29 is 57.9 Å². The summed E-state index contributed by atoms with van der Waals surface area (Å²) in [5.41, 5.74) is -12.6. The molecule has 0 fully saturated rings. The summed E-state index contributed by atoms with van der Waals surface area (Å²) in [5, 5.41) is 2.53. The van der Waals surface area contributed by atoms with Crippen molar-refractivity contribution >= 4 is 29.1 Å². The molecule has 222 valence electrons. The molecule has 0 spiro atoms. The van der Waals surface area contributed by atoms with Crippen molar-refractivity contribution in [1.82, 2.24) is 5.32 Å². The second kappa shape index (κ2) is 12.3. The Bertz CT molecular complexity index is 1380. The van der Waals surface area contributed by atoms with Crippen molar-refractivity contribution in [2.75, 3.05) is 12.4 Å². The van der Waals surface area contributed by atoms with Gasteiger partial charge < -0.3 is 10.6 Å². The molecule has 0 saturated carbocycles. The van der Waals surface area contributed by atoms with E-state index < -0.39 is 69.4 Å². The number of nitrogens with one attached hydrogen (secondary N) is 2. The molecule has 0 aliphatic heterocycles. The number of benzene rings is 3. The number of hydrogen-bond acceptors (Lipinski definition) is 2. The number of carbonyl (C=O) groups is 2. The van der Waals surface area contributed by atoms with Crippen molar-refractivity contribution in [3.63, 3.8) is 0 Å². The Balaban J connectivity index is 0.000000493. The maximum atomic E-state index is 14.2. The monoisotopic (exact) mass is 620 g/mol. The highest BCUT2D eigenvalue weighted by Gasteiger charge is 2.73. The normalized spacial score (nSPS) is 12.2. The molecule has 0 radical (unpaired) electrons. The highest BCUT2D eigenvalue weighted by Crippen LogP contribution is 2.55. The lowest BCUT2D eigenvalue weighted by atomic mass is 9.91. The summed E-state index contributed by atoms with van der Waals surface area (Å²) in [6.45, 7) is 0. The molecular formula is C25H16ClF11N2O2. The van der Waals surface area contributed by atoms with Crippen LogP contribution in [0.4, 0.5) is 54.0 Å². The Morgan fingerprint density at radius 1 is 0.732 bits per heavy atom. The van der Waals surface area contributed by atoms with Gasteiger partial charge in [0.2, 0.25) is 0 Å². The van der Waals surface area contributed by atoms with Crippen LogP contribution in [-0.2, 0) is 11.8 Å². The van der Waals surface area contributed by atoms with Crippen LogP contribution in [0.3, 0.4) is 0 Å². The lowest BCUT2D eigenvalue weighted by Crippen LogP contribution is -2.50. The third-order valence-corrected chi connectivity index (χ3v) is 5.49. The van der Waals surface area contributed by atoms with Crippen LogP contribution in [0.5, 0.6) is 0 Å². The van der Waals surface area contributed by atoms with Crippen molar-refractivity contribution in [2.24, 2.45) is 0 Å². The van der Waals surface area contributed by atoms with Crippen LogP contribution >= 0.6 is 11.6 Å². The van der Waals surface area contributed by atoms with Crippen LogP contribution in [0.25, 0.3) is 0 Å². The zero-order chi connectivity index (χ0) is 31.4. The molecular weight excluding hydrogens is 605 g/mol. The van der Waals surface area contributed by atoms with Gasteiger partial charge in [0.25, 0.3) is 11.8 Å². The third-order valence-electron chi connectivity index (χ3n) is 5.19. The number of anilines is 1. The topological polar surface area (TPSA) is 58.2 Å². The Kier molecular flexibility index (Phi) is 10.0. The fourth-order valence-corrected chi connectivity index (χ4v) is 3.47. The zero-order valence-electron chi connectivity index (χ0n) is 20.2. The first-order valence-corrected chi connectivity index (χ1v) is 11.2. The summed E-state index contributed by atoms with van der Waals surface area (Å²) < 4.78 is 145. The molecule has 3 aromatic carbocycles. The van der Waals surface area contributed by atoms with Gasteiger partial charge in [0.1, 0.15) is 5.82 Å². The van der Waals surface area contributed by atoms with Gasteiger partial charge in [0.15, 0.2) is 0 Å². The molecule has 0 atom stereocenters. The van der Waals surface area contributed by atoms with Crippen LogP contribution < -0.4 is 10.6 Å². The van der Waals surface area contributed by atoms with E-state index in [4.69, 9.17) is 11.6 Å². The van der Waals surface area contributed by atoms with E-state index in [-0.39, 0.29) is 12.0 Å². The third kappa shape index (κ3) is 7.45. The van der Waals surface area contributed by atoms with Gasteiger partial charge in [-0.05, 0) is 36.4 Å². The highest BCUT2D eigenvalue weighted by molar-refractivity contribution is 6.34. The standard InChI is InChI=1S/C17H7ClF11NO.C8H9NO/c18-10-6-7(14(20,16(24,25)26)17(27,28)29)5-9(15(21,22)23)12(10)30-13(31)8-3-1-2-4-11(8)19;1-9-8(10)7-5-3-2-4-6-7/h1-6H,(H,30,31);2-6H,1H3,(H,9,10). The van der Waals surface area contributed by atoms with Gasteiger partial charge in [-0.3, -0.25) is 9.59 Å². The Hall–Kier alpha value is -3.88. The van der Waals surface area contributed by atoms with E-state index >= 15 is 0 Å². The highest BCUT2D eigenvalue weighted by atomic mass is 35.5. The van der Waals surface area contributed by atoms with Gasteiger partial charge in [-0.2, -0.15) is 39.5 Å². The average molecular weight is 621 g/mol. The maximum Gasteiger partial charge on any atom is 0.435 e. The van der Waals surface area contributed by atoms with Gasteiger partial charge in [-0.1, -0.05) is 41.9 Å². The summed E-state index contributed by atoms with van der Waals surface area (Å²) in [4.78, 5) is 23.0. The Labute approximate surface area is 229 Å². The summed E-state index contributed by atoms with van der Waals surface area (Å²) in [6.07, 6.45) is -19.1. The van der Waals surface area contributed by atoms with Crippen molar-refractivity contribution in [3.8, 4) is 0 Å². The summed E-state index contributed by atoms with van der Waals surface area (Å²) >= 11 is 5.41. The van der Waals surface area contributed by atoms with Gasteiger partial charge in [-0.15, -0.1) is 0 Å². The molecule has 0 bridgehead atoms. The van der Waals surface area contributed by atoms with E-state index in [9.17, 15) is 57.9 Å². The van der Waals surface area contributed by atoms with E-state index in [2.05, 4.69) is 5.32 Å². The molecule has 3 rings (SSSR count). The molecule has 16 heteroatoms. The van der Waals surface area contributed by atoms with Crippen LogP contribution in [0.2, 0.25) is 5.02 Å². The minimum atomic E-state index is -6.70. The largest absolute Gasteiger partial charge is 0.435 e. The predicted octanol–water partition coefficient (Wildman–Crippen LogP) is 8.09. The fourth-order valence-electron chi connectivity index (χ4n) is 3.20. The van der Waals surface area contributed by atoms with E-state index in [1.807, 2.05) is 18.2 Å². The first kappa shape index (κ1) is 33.3. The summed E-state index contributed by atoms with van der Waals surface area (Å²) in [5.74, 6) is -2.78. The number of rotatable bonds is 4. The van der Waals surface area contributed by atoms with E-state index in [1.165, 1.54) is 5.32 Å². The van der Waals surface area contributed by atoms with Gasteiger partial charge in [0.05, 0.1) is 21.8 Å². The quantitative estimate of drug-likeness (QED) is 0.290. The SMILES string of the molecule is CNC(=O)c1ccccc1.O=C(Nc1c(Cl)cc(C(F)(C(F)(F)F)C(F)(F)F)cc1C(F)(F)F)c1ccccc1F. The van der Waals surface area contributed by atoms with Crippen molar-refractivity contribution in [2.45, 2.75) is 24.2 Å². The molecule has 0 saturated heterocycles. The first-order valence-electron chi connectivity index (χ1n) is 10.8. The summed E-state index contributed by atoms with van der Waals surface area (Å²) in [6, 6.07) is 11.8. The van der Waals surface area contributed by atoms with E-state index in [0.29, 0.717) is 5.56 Å². The van der Waals surface area contributed by atoms with E-state index in [1.54, 1.807) is 19.2 Å². The number of amides is 2. The molecule has 4 nitrogen and oxygen atoms in total. The smallest absolute Gasteiger partial charge is 0.355 e. The van der Waals surface area contributed by atoms with E-state index in [0.717, 1.165) is 24.3 Å². The maximum absolute atomic E-state index is 14.2. The minimum Gasteiger partial charge on any atom is -0.355 e. The number of hydrogen-bond donors (Lipinski definition) is 2. The molecule has 2 amide bonds. The Morgan fingerprint density at radius 2 is 1.24 bits per heavy atom. The first-order chi connectivity index (χ1) is 18.8. The molecule has 41 heavy (non-hydrogen) atoms. The van der Waals surface area contributed by atoms with Gasteiger partial charge in [-0.25, -0.2) is 8.78 Å². The van der Waals surface area contributed by atoms with Crippen LogP contribution in [-0.4, -0.2) is 31.2 Å². The molecule has 0 aromatic heterocycles. The lowest BCUT2D eigenvalue weighted by molar-refractivity contribution is -0.348. The Morgan fingerprint density at radius 3 is 1.71 bits per heavy atom. The lowest BCUT2D eigenvalue weighted by Gasteiger charge is -2.31. The van der Waals surface area contributed by atoms with Gasteiger partial charge >= 0.3 is 24.2 Å². The molecule has 0 unspecified atom stereocenters. The average Bonchev–Trinajstić information content (AvgIpc) is 2.87. The van der Waals surface area contributed by atoms with Crippen LogP contribution in [0.15, 0.2) is 66.7 Å². The number of halogens is 12. The number of carbonyl (C=O) groups excluding carboxylic acids is 2. The van der Waals surface area contributed by atoms with Gasteiger partial charge in [0, 0.05) is 18.2 Å². The molecule has 2 N–H and O–H groups in total.